The Bertz CT molecular complexity index is 499. The maximum Gasteiger partial charge on any atom is 0.233 e. The molecule has 2 aliphatic rings. The fourth-order valence-corrected chi connectivity index (χ4v) is 3.24. The molecule has 0 bridgehead atoms. The Morgan fingerprint density at radius 2 is 2.26 bits per heavy atom. The van der Waals surface area contributed by atoms with Gasteiger partial charge in [0.25, 0.3) is 0 Å². The summed E-state index contributed by atoms with van der Waals surface area (Å²) in [6.45, 7) is 2.34. The van der Waals surface area contributed by atoms with Crippen LogP contribution in [0.3, 0.4) is 0 Å². The van der Waals surface area contributed by atoms with Crippen LogP contribution in [0.2, 0.25) is 5.02 Å². The van der Waals surface area contributed by atoms with E-state index >= 15 is 0 Å². The number of hydrogen-bond acceptors (Lipinski definition) is 2. The van der Waals surface area contributed by atoms with Crippen molar-refractivity contribution in [2.24, 2.45) is 11.7 Å². The van der Waals surface area contributed by atoms with Gasteiger partial charge in [0.05, 0.1) is 5.41 Å². The van der Waals surface area contributed by atoms with Crippen LogP contribution in [0.25, 0.3) is 0 Å². The van der Waals surface area contributed by atoms with Gasteiger partial charge in [0.1, 0.15) is 0 Å². The van der Waals surface area contributed by atoms with E-state index in [-0.39, 0.29) is 11.3 Å². The van der Waals surface area contributed by atoms with E-state index < -0.39 is 0 Å². The highest BCUT2D eigenvalue weighted by atomic mass is 35.5. The van der Waals surface area contributed by atoms with E-state index in [2.05, 4.69) is 0 Å². The van der Waals surface area contributed by atoms with Gasteiger partial charge in [0, 0.05) is 18.1 Å². The average molecular weight is 279 g/mol. The Kier molecular flexibility index (Phi) is 3.27. The number of benzene rings is 1. The third-order valence-electron chi connectivity index (χ3n) is 4.44. The van der Waals surface area contributed by atoms with E-state index in [1.807, 2.05) is 29.2 Å². The minimum absolute atomic E-state index is 0.269. The van der Waals surface area contributed by atoms with Gasteiger partial charge in [-0.3, -0.25) is 4.79 Å². The van der Waals surface area contributed by atoms with Crippen molar-refractivity contribution in [1.29, 1.82) is 0 Å². The number of amides is 1. The lowest BCUT2D eigenvalue weighted by Crippen LogP contribution is -2.38. The van der Waals surface area contributed by atoms with Gasteiger partial charge in [0.2, 0.25) is 5.91 Å². The van der Waals surface area contributed by atoms with E-state index in [4.69, 9.17) is 17.3 Å². The summed E-state index contributed by atoms with van der Waals surface area (Å²) < 4.78 is 0. The third kappa shape index (κ3) is 2.26. The Hall–Kier alpha value is -1.06. The number of halogens is 1. The highest BCUT2D eigenvalue weighted by Gasteiger charge is 2.53. The maximum absolute atomic E-state index is 12.7. The van der Waals surface area contributed by atoms with Gasteiger partial charge in [-0.15, -0.1) is 0 Å². The molecule has 1 saturated heterocycles. The number of nitrogens with two attached hydrogens (primary N) is 1. The molecule has 1 unspecified atom stereocenters. The van der Waals surface area contributed by atoms with Gasteiger partial charge in [-0.25, -0.2) is 0 Å². The van der Waals surface area contributed by atoms with Crippen LogP contribution in [-0.4, -0.2) is 30.4 Å². The quantitative estimate of drug-likeness (QED) is 0.921. The van der Waals surface area contributed by atoms with Gasteiger partial charge in [-0.2, -0.15) is 0 Å². The number of likely N-dealkylation sites (tertiary alicyclic amines) is 1. The van der Waals surface area contributed by atoms with Gasteiger partial charge >= 0.3 is 0 Å². The minimum Gasteiger partial charge on any atom is -0.342 e. The number of carbonyl (C=O) groups excluding carboxylic acids is 1. The Morgan fingerprint density at radius 3 is 2.84 bits per heavy atom. The molecule has 2 fully saturated rings. The van der Waals surface area contributed by atoms with Crippen molar-refractivity contribution in [3.05, 3.63) is 34.9 Å². The molecule has 1 aliphatic carbocycles. The molecule has 0 aromatic heterocycles. The number of rotatable bonds is 3. The van der Waals surface area contributed by atoms with E-state index in [1.54, 1.807) is 0 Å². The molecular formula is C15H19ClN2O. The van der Waals surface area contributed by atoms with Crippen LogP contribution < -0.4 is 5.73 Å². The number of nitrogens with zero attached hydrogens (tertiary/aromatic N) is 1. The van der Waals surface area contributed by atoms with Crippen LogP contribution in [-0.2, 0) is 10.2 Å². The average Bonchev–Trinajstić information content (AvgIpc) is 3.09. The molecule has 1 heterocycles. The van der Waals surface area contributed by atoms with Crippen molar-refractivity contribution in [3.8, 4) is 0 Å². The van der Waals surface area contributed by atoms with Crippen molar-refractivity contribution in [2.45, 2.75) is 24.7 Å². The van der Waals surface area contributed by atoms with Crippen molar-refractivity contribution < 1.29 is 4.79 Å². The van der Waals surface area contributed by atoms with Crippen LogP contribution in [0.4, 0.5) is 0 Å². The van der Waals surface area contributed by atoms with Gasteiger partial charge in [0.15, 0.2) is 0 Å². The largest absolute Gasteiger partial charge is 0.342 e. The monoisotopic (exact) mass is 278 g/mol. The lowest BCUT2D eigenvalue weighted by atomic mass is 9.94. The summed E-state index contributed by atoms with van der Waals surface area (Å²) in [5, 5.41) is 0.706. The molecule has 0 spiro atoms. The van der Waals surface area contributed by atoms with Gasteiger partial charge in [-0.1, -0.05) is 23.7 Å². The second kappa shape index (κ2) is 4.80. The second-order valence-electron chi connectivity index (χ2n) is 5.73. The molecule has 3 nitrogen and oxygen atoms in total. The van der Waals surface area contributed by atoms with Crippen LogP contribution in [0, 0.1) is 5.92 Å². The van der Waals surface area contributed by atoms with Gasteiger partial charge in [-0.05, 0) is 49.4 Å². The van der Waals surface area contributed by atoms with E-state index in [0.29, 0.717) is 17.5 Å². The highest BCUT2D eigenvalue weighted by molar-refractivity contribution is 6.30. The fourth-order valence-electron chi connectivity index (χ4n) is 3.05. The zero-order valence-corrected chi connectivity index (χ0v) is 11.7. The summed E-state index contributed by atoms with van der Waals surface area (Å²) >= 11 is 6.05. The van der Waals surface area contributed by atoms with E-state index in [0.717, 1.165) is 37.9 Å². The van der Waals surface area contributed by atoms with Crippen molar-refractivity contribution in [1.82, 2.24) is 4.90 Å². The standard InChI is InChI=1S/C15H19ClN2O/c16-13-3-1-2-12(8-13)15(5-6-15)14(19)18-7-4-11(9-17)10-18/h1-3,8,11H,4-7,9-10,17H2. The molecule has 1 amide bonds. The Labute approximate surface area is 118 Å². The topological polar surface area (TPSA) is 46.3 Å². The van der Waals surface area contributed by atoms with E-state index in [9.17, 15) is 4.79 Å². The first-order valence-electron chi connectivity index (χ1n) is 6.91. The van der Waals surface area contributed by atoms with Crippen molar-refractivity contribution >= 4 is 17.5 Å². The Morgan fingerprint density at radius 1 is 1.47 bits per heavy atom. The molecule has 1 aromatic carbocycles. The SMILES string of the molecule is NCC1CCN(C(=O)C2(c3cccc(Cl)c3)CC2)C1. The first-order valence-corrected chi connectivity index (χ1v) is 7.29. The smallest absolute Gasteiger partial charge is 0.233 e. The molecule has 3 rings (SSSR count). The number of hydrogen-bond donors (Lipinski definition) is 1. The first-order chi connectivity index (χ1) is 9.15. The van der Waals surface area contributed by atoms with Gasteiger partial charge < -0.3 is 10.6 Å². The number of carbonyl (C=O) groups is 1. The summed E-state index contributed by atoms with van der Waals surface area (Å²) in [6.07, 6.45) is 2.92. The lowest BCUT2D eigenvalue weighted by molar-refractivity contribution is -0.133. The van der Waals surface area contributed by atoms with Crippen LogP contribution >= 0.6 is 11.6 Å². The zero-order valence-electron chi connectivity index (χ0n) is 10.9. The van der Waals surface area contributed by atoms with Crippen molar-refractivity contribution in [2.75, 3.05) is 19.6 Å². The first kappa shape index (κ1) is 12.9. The molecule has 4 heteroatoms. The summed E-state index contributed by atoms with van der Waals surface area (Å²) in [4.78, 5) is 14.7. The molecule has 19 heavy (non-hydrogen) atoms. The highest BCUT2D eigenvalue weighted by Crippen LogP contribution is 2.50. The molecule has 2 N–H and O–H groups in total. The zero-order chi connectivity index (χ0) is 13.5. The van der Waals surface area contributed by atoms with Crippen LogP contribution in [0.1, 0.15) is 24.8 Å². The summed E-state index contributed by atoms with van der Waals surface area (Å²) in [6, 6.07) is 7.74. The van der Waals surface area contributed by atoms with E-state index in [1.165, 1.54) is 0 Å². The molecule has 1 aliphatic heterocycles. The molecule has 0 radical (unpaired) electrons. The van der Waals surface area contributed by atoms with Crippen molar-refractivity contribution in [3.63, 3.8) is 0 Å². The maximum atomic E-state index is 12.7. The Balaban J connectivity index is 1.80. The second-order valence-corrected chi connectivity index (χ2v) is 6.17. The predicted octanol–water partition coefficient (Wildman–Crippen LogP) is 2.18. The predicted molar refractivity (Wildman–Crippen MR) is 76.1 cm³/mol. The van der Waals surface area contributed by atoms with Crippen LogP contribution in [0.15, 0.2) is 24.3 Å². The summed E-state index contributed by atoms with van der Waals surface area (Å²) in [5.74, 6) is 0.741. The fraction of sp³-hybridized carbons (Fsp3) is 0.533. The molecular weight excluding hydrogens is 260 g/mol. The normalized spacial score (nSPS) is 24.5. The molecule has 102 valence electrons. The molecule has 1 aromatic rings. The third-order valence-corrected chi connectivity index (χ3v) is 4.68. The molecule has 1 saturated carbocycles. The lowest BCUT2D eigenvalue weighted by Gasteiger charge is -2.23. The summed E-state index contributed by atoms with van der Waals surface area (Å²) in [7, 11) is 0. The van der Waals surface area contributed by atoms with Crippen LogP contribution in [0.5, 0.6) is 0 Å². The molecule has 1 atom stereocenters. The summed E-state index contributed by atoms with van der Waals surface area (Å²) in [5.41, 5.74) is 6.47. The minimum atomic E-state index is -0.297.